The topological polar surface area (TPSA) is 44.5 Å². The number of fused-ring (bicyclic) bond motifs is 1. The third-order valence-electron chi connectivity index (χ3n) is 4.71. The monoisotopic (exact) mass is 349 g/mol. The van der Waals surface area contributed by atoms with E-state index in [1.54, 1.807) is 0 Å². The molecule has 0 saturated heterocycles. The first kappa shape index (κ1) is 16.7. The van der Waals surface area contributed by atoms with E-state index in [0.717, 1.165) is 41.4 Å². The van der Waals surface area contributed by atoms with E-state index in [0.29, 0.717) is 18.9 Å². The zero-order chi connectivity index (χ0) is 17.9. The highest BCUT2D eigenvalue weighted by molar-refractivity contribution is 5.53. The molecular weight excluding hydrogens is 326 g/mol. The van der Waals surface area contributed by atoms with Gasteiger partial charge in [0.2, 0.25) is 5.89 Å². The van der Waals surface area contributed by atoms with E-state index in [1.807, 2.05) is 49.4 Å². The van der Waals surface area contributed by atoms with Crippen molar-refractivity contribution in [2.45, 2.75) is 39.2 Å². The molecule has 4 nitrogen and oxygen atoms in total. The van der Waals surface area contributed by atoms with Gasteiger partial charge >= 0.3 is 0 Å². The van der Waals surface area contributed by atoms with Gasteiger partial charge in [0.15, 0.2) is 0 Å². The molecule has 0 radical (unpaired) electrons. The van der Waals surface area contributed by atoms with Crippen molar-refractivity contribution < 1.29 is 13.9 Å². The molecule has 0 spiro atoms. The van der Waals surface area contributed by atoms with Gasteiger partial charge in [0.05, 0.1) is 18.4 Å². The number of benzene rings is 2. The Bertz CT molecular complexity index is 886. The van der Waals surface area contributed by atoms with Crippen LogP contribution in [0.15, 0.2) is 52.9 Å². The Morgan fingerprint density at radius 2 is 2.00 bits per heavy atom. The van der Waals surface area contributed by atoms with Crippen molar-refractivity contribution in [3.8, 4) is 23.0 Å². The number of aryl methyl sites for hydroxylation is 2. The molecule has 1 unspecified atom stereocenters. The van der Waals surface area contributed by atoms with Gasteiger partial charge in [0.25, 0.3) is 0 Å². The molecule has 1 aliphatic heterocycles. The lowest BCUT2D eigenvalue weighted by molar-refractivity contribution is 0.191. The Hall–Kier alpha value is -2.75. The highest BCUT2D eigenvalue weighted by Gasteiger charge is 2.17. The van der Waals surface area contributed by atoms with Crippen LogP contribution in [-0.4, -0.2) is 17.7 Å². The van der Waals surface area contributed by atoms with E-state index in [4.69, 9.17) is 13.9 Å². The predicted octanol–water partition coefficient (Wildman–Crippen LogP) is 4.99. The molecule has 0 saturated carbocycles. The van der Waals surface area contributed by atoms with Gasteiger partial charge < -0.3 is 13.9 Å². The number of hydrogen-bond donors (Lipinski definition) is 0. The summed E-state index contributed by atoms with van der Waals surface area (Å²) >= 11 is 0. The molecule has 0 N–H and O–H groups in total. The molecule has 2 aromatic carbocycles. The summed E-state index contributed by atoms with van der Waals surface area (Å²) in [5, 5.41) is 0. The summed E-state index contributed by atoms with van der Waals surface area (Å²) in [5.41, 5.74) is 3.19. The van der Waals surface area contributed by atoms with Crippen LogP contribution in [0.3, 0.4) is 0 Å². The lowest BCUT2D eigenvalue weighted by Gasteiger charge is -2.23. The highest BCUT2D eigenvalue weighted by Crippen LogP contribution is 2.31. The Labute approximate surface area is 153 Å². The van der Waals surface area contributed by atoms with Gasteiger partial charge in [0.1, 0.15) is 17.3 Å². The number of ether oxygens (including phenoxy) is 2. The molecule has 0 amide bonds. The van der Waals surface area contributed by atoms with Crippen molar-refractivity contribution >= 4 is 0 Å². The molecule has 1 aromatic heterocycles. The average molecular weight is 349 g/mol. The van der Waals surface area contributed by atoms with E-state index in [-0.39, 0.29) is 6.10 Å². The maximum atomic E-state index is 5.92. The fourth-order valence-electron chi connectivity index (χ4n) is 3.21. The van der Waals surface area contributed by atoms with E-state index in [1.165, 1.54) is 5.56 Å². The first-order valence-electron chi connectivity index (χ1n) is 9.13. The lowest BCUT2D eigenvalue weighted by atomic mass is 10.0. The van der Waals surface area contributed by atoms with E-state index in [9.17, 15) is 0 Å². The van der Waals surface area contributed by atoms with Crippen LogP contribution in [0.1, 0.15) is 30.4 Å². The van der Waals surface area contributed by atoms with Crippen LogP contribution in [0.5, 0.6) is 11.5 Å². The number of aromatic nitrogens is 1. The summed E-state index contributed by atoms with van der Waals surface area (Å²) < 4.78 is 17.6. The van der Waals surface area contributed by atoms with Gasteiger partial charge in [-0.3, -0.25) is 0 Å². The zero-order valence-electron chi connectivity index (χ0n) is 15.2. The number of hydrogen-bond acceptors (Lipinski definition) is 4. The Balaban J connectivity index is 1.39. The largest absolute Gasteiger partial charge is 0.493 e. The number of nitrogens with zero attached hydrogens (tertiary/aromatic N) is 1. The minimum Gasteiger partial charge on any atom is -0.493 e. The minimum atomic E-state index is 0.270. The lowest BCUT2D eigenvalue weighted by Crippen LogP contribution is -2.18. The maximum absolute atomic E-state index is 5.92. The minimum absolute atomic E-state index is 0.270. The Morgan fingerprint density at radius 3 is 2.85 bits per heavy atom. The van der Waals surface area contributed by atoms with Crippen LogP contribution in [0, 0.1) is 6.92 Å². The summed E-state index contributed by atoms with van der Waals surface area (Å²) in [7, 11) is 0. The molecule has 1 aliphatic rings. The predicted molar refractivity (Wildman–Crippen MR) is 101 cm³/mol. The first-order chi connectivity index (χ1) is 12.7. The molecule has 134 valence electrons. The molecule has 4 rings (SSSR count). The summed E-state index contributed by atoms with van der Waals surface area (Å²) in [4.78, 5) is 4.62. The third-order valence-corrected chi connectivity index (χ3v) is 4.71. The molecule has 0 fully saturated rings. The van der Waals surface area contributed by atoms with E-state index >= 15 is 0 Å². The second-order valence-corrected chi connectivity index (χ2v) is 6.72. The van der Waals surface area contributed by atoms with Crippen LogP contribution in [0.25, 0.3) is 11.5 Å². The standard InChI is InChI=1S/C22H23NO3/c1-15-8-9-17-10-11-19(14-21(17)25-15)24-13-12-20-16(2)26-22(23-20)18-6-4-3-5-7-18/h3-7,10-11,14-15H,8-9,12-13H2,1-2H3. The summed E-state index contributed by atoms with van der Waals surface area (Å²) in [6, 6.07) is 16.1. The molecule has 0 aliphatic carbocycles. The van der Waals surface area contributed by atoms with Gasteiger partial charge in [-0.1, -0.05) is 24.3 Å². The second kappa shape index (κ2) is 7.24. The van der Waals surface area contributed by atoms with Crippen molar-refractivity contribution in [3.05, 3.63) is 65.5 Å². The van der Waals surface area contributed by atoms with Gasteiger partial charge in [-0.15, -0.1) is 0 Å². The Kier molecular flexibility index (Phi) is 4.65. The summed E-state index contributed by atoms with van der Waals surface area (Å²) in [6.45, 7) is 4.60. The molecular formula is C22H23NO3. The maximum Gasteiger partial charge on any atom is 0.226 e. The fraction of sp³-hybridized carbons (Fsp3) is 0.318. The normalized spacial score (nSPS) is 16.0. The van der Waals surface area contributed by atoms with Gasteiger partial charge in [-0.05, 0) is 50.5 Å². The molecule has 2 heterocycles. The van der Waals surface area contributed by atoms with Crippen molar-refractivity contribution in [2.75, 3.05) is 6.61 Å². The third kappa shape index (κ3) is 3.59. The van der Waals surface area contributed by atoms with Gasteiger partial charge in [-0.25, -0.2) is 4.98 Å². The average Bonchev–Trinajstić information content (AvgIpc) is 3.03. The highest BCUT2D eigenvalue weighted by atomic mass is 16.5. The van der Waals surface area contributed by atoms with Crippen LogP contribution < -0.4 is 9.47 Å². The number of oxazole rings is 1. The van der Waals surface area contributed by atoms with E-state index in [2.05, 4.69) is 18.0 Å². The smallest absolute Gasteiger partial charge is 0.226 e. The van der Waals surface area contributed by atoms with Crippen LogP contribution >= 0.6 is 0 Å². The SMILES string of the molecule is Cc1oc(-c2ccccc2)nc1CCOc1ccc2c(c1)OC(C)CC2. The van der Waals surface area contributed by atoms with Crippen LogP contribution in [0.2, 0.25) is 0 Å². The zero-order valence-corrected chi connectivity index (χ0v) is 15.2. The summed E-state index contributed by atoms with van der Waals surface area (Å²) in [6.07, 6.45) is 3.11. The molecule has 0 bridgehead atoms. The van der Waals surface area contributed by atoms with Crippen molar-refractivity contribution in [1.29, 1.82) is 0 Å². The van der Waals surface area contributed by atoms with Gasteiger partial charge in [0, 0.05) is 18.1 Å². The summed E-state index contributed by atoms with van der Waals surface area (Å²) in [5.74, 6) is 3.29. The number of rotatable bonds is 5. The Morgan fingerprint density at radius 1 is 1.15 bits per heavy atom. The molecule has 3 aromatic rings. The van der Waals surface area contributed by atoms with Crippen LogP contribution in [0.4, 0.5) is 0 Å². The van der Waals surface area contributed by atoms with Gasteiger partial charge in [-0.2, -0.15) is 0 Å². The fourth-order valence-corrected chi connectivity index (χ4v) is 3.21. The second-order valence-electron chi connectivity index (χ2n) is 6.72. The van der Waals surface area contributed by atoms with Crippen molar-refractivity contribution in [1.82, 2.24) is 4.98 Å². The van der Waals surface area contributed by atoms with Crippen molar-refractivity contribution in [3.63, 3.8) is 0 Å². The van der Waals surface area contributed by atoms with E-state index < -0.39 is 0 Å². The quantitative estimate of drug-likeness (QED) is 0.651. The molecule has 4 heteroatoms. The first-order valence-corrected chi connectivity index (χ1v) is 9.13. The molecule has 1 atom stereocenters. The van der Waals surface area contributed by atoms with Crippen LogP contribution in [-0.2, 0) is 12.8 Å². The molecule has 26 heavy (non-hydrogen) atoms. The van der Waals surface area contributed by atoms with Crippen molar-refractivity contribution in [2.24, 2.45) is 0 Å².